The molecular formula is C22H22N2O3S2. The SMILES string of the molecule is CCC(C)COc1ccc(/C=C2\SC(=S)N(NC(=O)c3ccccc3)C2=O)cc1. The molecule has 29 heavy (non-hydrogen) atoms. The maximum Gasteiger partial charge on any atom is 0.285 e. The van der Waals surface area contributed by atoms with Crippen LogP contribution in [0.2, 0.25) is 0 Å². The van der Waals surface area contributed by atoms with Crippen LogP contribution in [0.5, 0.6) is 5.75 Å². The third-order valence-corrected chi connectivity index (χ3v) is 5.75. The van der Waals surface area contributed by atoms with Crippen molar-refractivity contribution < 1.29 is 14.3 Å². The van der Waals surface area contributed by atoms with Crippen molar-refractivity contribution in [1.29, 1.82) is 0 Å². The lowest BCUT2D eigenvalue weighted by molar-refractivity contribution is -0.123. The van der Waals surface area contributed by atoms with E-state index in [2.05, 4.69) is 19.3 Å². The van der Waals surface area contributed by atoms with Crippen molar-refractivity contribution in [3.63, 3.8) is 0 Å². The lowest BCUT2D eigenvalue weighted by Gasteiger charge is -2.15. The minimum absolute atomic E-state index is 0.291. The summed E-state index contributed by atoms with van der Waals surface area (Å²) in [4.78, 5) is 25.4. The topological polar surface area (TPSA) is 58.6 Å². The number of amides is 2. The maximum atomic E-state index is 12.7. The van der Waals surface area contributed by atoms with Gasteiger partial charge in [-0.25, -0.2) is 0 Å². The number of carbonyl (C=O) groups excluding carboxylic acids is 2. The van der Waals surface area contributed by atoms with E-state index in [4.69, 9.17) is 17.0 Å². The summed E-state index contributed by atoms with van der Waals surface area (Å²) < 4.78 is 6.05. The molecule has 2 amide bonds. The van der Waals surface area contributed by atoms with E-state index in [0.717, 1.165) is 34.5 Å². The van der Waals surface area contributed by atoms with Crippen LogP contribution in [0, 0.1) is 5.92 Å². The number of thiocarbonyl (C=S) groups is 1. The minimum Gasteiger partial charge on any atom is -0.493 e. The van der Waals surface area contributed by atoms with Crippen LogP contribution in [0.15, 0.2) is 59.5 Å². The summed E-state index contributed by atoms with van der Waals surface area (Å²) in [5.74, 6) is 0.569. The number of ether oxygens (including phenoxy) is 1. The van der Waals surface area contributed by atoms with Crippen molar-refractivity contribution in [1.82, 2.24) is 10.4 Å². The van der Waals surface area contributed by atoms with Gasteiger partial charge in [0.1, 0.15) is 5.75 Å². The Morgan fingerprint density at radius 1 is 1.21 bits per heavy atom. The van der Waals surface area contributed by atoms with Crippen LogP contribution in [0.3, 0.4) is 0 Å². The van der Waals surface area contributed by atoms with Crippen molar-refractivity contribution in [3.05, 3.63) is 70.6 Å². The van der Waals surface area contributed by atoms with Crippen LogP contribution in [0.25, 0.3) is 6.08 Å². The summed E-state index contributed by atoms with van der Waals surface area (Å²) in [6, 6.07) is 16.2. The van der Waals surface area contributed by atoms with Gasteiger partial charge in [-0.05, 0) is 54.0 Å². The third-order valence-electron chi connectivity index (χ3n) is 4.45. The van der Waals surface area contributed by atoms with Gasteiger partial charge in [0.2, 0.25) is 0 Å². The predicted molar refractivity (Wildman–Crippen MR) is 120 cm³/mol. The fourth-order valence-electron chi connectivity index (χ4n) is 2.49. The summed E-state index contributed by atoms with van der Waals surface area (Å²) in [7, 11) is 0. The molecule has 0 aromatic heterocycles. The predicted octanol–water partition coefficient (Wildman–Crippen LogP) is 4.66. The first-order valence-corrected chi connectivity index (χ1v) is 10.6. The van der Waals surface area contributed by atoms with Crippen molar-refractivity contribution in [2.75, 3.05) is 6.61 Å². The first-order chi connectivity index (χ1) is 14.0. The van der Waals surface area contributed by atoms with Gasteiger partial charge in [0.05, 0.1) is 11.5 Å². The van der Waals surface area contributed by atoms with E-state index in [1.54, 1.807) is 30.3 Å². The Morgan fingerprint density at radius 2 is 1.90 bits per heavy atom. The number of nitrogens with zero attached hydrogens (tertiary/aromatic N) is 1. The van der Waals surface area contributed by atoms with Gasteiger partial charge in [-0.2, -0.15) is 5.01 Å². The fraction of sp³-hybridized carbons (Fsp3) is 0.227. The summed E-state index contributed by atoms with van der Waals surface area (Å²) in [5, 5.41) is 1.12. The van der Waals surface area contributed by atoms with Crippen LogP contribution in [0.4, 0.5) is 0 Å². The van der Waals surface area contributed by atoms with E-state index < -0.39 is 0 Å². The Bertz CT molecular complexity index is 927. The molecule has 0 saturated carbocycles. The van der Waals surface area contributed by atoms with Gasteiger partial charge in [-0.15, -0.1) is 0 Å². The number of benzene rings is 2. The van der Waals surface area contributed by atoms with Crippen LogP contribution in [0.1, 0.15) is 36.2 Å². The van der Waals surface area contributed by atoms with Crippen LogP contribution < -0.4 is 10.2 Å². The summed E-state index contributed by atoms with van der Waals surface area (Å²) in [5.41, 5.74) is 3.89. The number of hydrazine groups is 1. The Kier molecular flexibility index (Phi) is 7.06. The molecule has 5 nitrogen and oxygen atoms in total. The second kappa shape index (κ2) is 9.71. The Balaban J connectivity index is 1.65. The molecular weight excluding hydrogens is 404 g/mol. The number of carbonyl (C=O) groups is 2. The first-order valence-electron chi connectivity index (χ1n) is 9.34. The quantitative estimate of drug-likeness (QED) is 0.516. The van der Waals surface area contributed by atoms with E-state index in [9.17, 15) is 9.59 Å². The van der Waals surface area contributed by atoms with Crippen molar-refractivity contribution in [2.24, 2.45) is 5.92 Å². The largest absolute Gasteiger partial charge is 0.493 e. The van der Waals surface area contributed by atoms with Crippen molar-refractivity contribution in [2.45, 2.75) is 20.3 Å². The molecule has 1 aliphatic rings. The highest BCUT2D eigenvalue weighted by molar-refractivity contribution is 8.26. The molecule has 1 unspecified atom stereocenters. The molecule has 7 heteroatoms. The average molecular weight is 427 g/mol. The standard InChI is InChI=1S/C22H22N2O3S2/c1-3-15(2)14-27-18-11-9-16(10-12-18)13-19-21(26)24(22(28)29-19)23-20(25)17-7-5-4-6-8-17/h4-13,15H,3,14H2,1-2H3,(H,23,25)/b19-13-. The smallest absolute Gasteiger partial charge is 0.285 e. The van der Waals surface area contributed by atoms with Crippen LogP contribution in [-0.4, -0.2) is 27.8 Å². The Morgan fingerprint density at radius 3 is 2.55 bits per heavy atom. The molecule has 1 aliphatic heterocycles. The van der Waals surface area contributed by atoms with Gasteiger partial charge in [0.25, 0.3) is 11.8 Å². The fourth-order valence-corrected chi connectivity index (χ4v) is 3.67. The zero-order chi connectivity index (χ0) is 20.8. The molecule has 2 aromatic rings. The Hall–Kier alpha value is -2.64. The lowest BCUT2D eigenvalue weighted by atomic mass is 10.1. The molecule has 3 rings (SSSR count). The second-order valence-electron chi connectivity index (χ2n) is 6.72. The van der Waals surface area contributed by atoms with Gasteiger partial charge in [-0.3, -0.25) is 15.0 Å². The normalized spacial score (nSPS) is 16.2. The van der Waals surface area contributed by atoms with Crippen LogP contribution in [-0.2, 0) is 4.79 Å². The van der Waals surface area contributed by atoms with Gasteiger partial charge in [0, 0.05) is 5.56 Å². The summed E-state index contributed by atoms with van der Waals surface area (Å²) in [6.45, 7) is 4.96. The van der Waals surface area contributed by atoms with E-state index >= 15 is 0 Å². The molecule has 0 radical (unpaired) electrons. The zero-order valence-electron chi connectivity index (χ0n) is 16.3. The van der Waals surface area contributed by atoms with Gasteiger partial charge < -0.3 is 4.74 Å². The molecule has 1 fully saturated rings. The first kappa shape index (κ1) is 21.1. The highest BCUT2D eigenvalue weighted by Crippen LogP contribution is 2.31. The summed E-state index contributed by atoms with van der Waals surface area (Å²) in [6.07, 6.45) is 2.83. The monoisotopic (exact) mass is 426 g/mol. The molecule has 1 saturated heterocycles. The average Bonchev–Trinajstić information content (AvgIpc) is 3.00. The van der Waals surface area contributed by atoms with E-state index in [1.807, 2.05) is 30.3 Å². The van der Waals surface area contributed by atoms with Gasteiger partial charge in [-0.1, -0.05) is 62.4 Å². The zero-order valence-corrected chi connectivity index (χ0v) is 17.9. The molecule has 0 bridgehead atoms. The summed E-state index contributed by atoms with van der Waals surface area (Å²) >= 11 is 6.42. The van der Waals surface area contributed by atoms with E-state index in [1.165, 1.54) is 0 Å². The van der Waals surface area contributed by atoms with E-state index in [0.29, 0.717) is 27.3 Å². The van der Waals surface area contributed by atoms with Gasteiger partial charge in [0.15, 0.2) is 4.32 Å². The molecule has 0 aliphatic carbocycles. The van der Waals surface area contributed by atoms with Crippen LogP contribution >= 0.6 is 24.0 Å². The lowest BCUT2D eigenvalue weighted by Crippen LogP contribution is -2.44. The number of thioether (sulfide) groups is 1. The molecule has 1 heterocycles. The number of rotatable bonds is 7. The Labute approximate surface area is 180 Å². The molecule has 1 atom stereocenters. The molecule has 0 spiro atoms. The minimum atomic E-state index is -0.383. The molecule has 1 N–H and O–H groups in total. The highest BCUT2D eigenvalue weighted by atomic mass is 32.2. The molecule has 150 valence electrons. The number of hydrogen-bond acceptors (Lipinski definition) is 5. The van der Waals surface area contributed by atoms with E-state index in [-0.39, 0.29) is 11.8 Å². The third kappa shape index (κ3) is 5.46. The van der Waals surface area contributed by atoms with Crippen molar-refractivity contribution in [3.8, 4) is 5.75 Å². The molecule has 2 aromatic carbocycles. The van der Waals surface area contributed by atoms with Crippen molar-refractivity contribution >= 4 is 46.2 Å². The highest BCUT2D eigenvalue weighted by Gasteiger charge is 2.33. The number of hydrogen-bond donors (Lipinski definition) is 1. The van der Waals surface area contributed by atoms with Gasteiger partial charge >= 0.3 is 0 Å². The second-order valence-corrected chi connectivity index (χ2v) is 8.39. The maximum absolute atomic E-state index is 12.7. The number of nitrogens with one attached hydrogen (secondary N) is 1.